The summed E-state index contributed by atoms with van der Waals surface area (Å²) < 4.78 is 5.39. The molecule has 2 bridgehead atoms. The Morgan fingerprint density at radius 2 is 1.67 bits per heavy atom. The largest absolute Gasteiger partial charge is 0.481 e. The normalized spacial score (nSPS) is 31.3. The van der Waals surface area contributed by atoms with Crippen molar-refractivity contribution < 1.29 is 19.4 Å². The number of hydrogen-bond acceptors (Lipinski definition) is 3. The van der Waals surface area contributed by atoms with E-state index in [9.17, 15) is 9.59 Å². The molecule has 2 aliphatic heterocycles. The molecule has 0 spiro atoms. The fourth-order valence-corrected chi connectivity index (χ4v) is 2.99. The van der Waals surface area contributed by atoms with Gasteiger partial charge in [-0.25, -0.2) is 4.79 Å². The summed E-state index contributed by atoms with van der Waals surface area (Å²) in [4.78, 5) is 24.9. The topological polar surface area (TPSA) is 66.8 Å². The predicted molar refractivity (Wildman–Crippen MR) is 65.2 cm³/mol. The van der Waals surface area contributed by atoms with Gasteiger partial charge in [-0.3, -0.25) is 4.79 Å². The zero-order valence-corrected chi connectivity index (χ0v) is 11.2. The van der Waals surface area contributed by atoms with E-state index in [1.807, 2.05) is 20.8 Å². The van der Waals surface area contributed by atoms with Crippen LogP contribution in [0.25, 0.3) is 0 Å². The predicted octanol–water partition coefficient (Wildman–Crippen LogP) is 2.25. The maximum absolute atomic E-state index is 12.1. The molecular weight excluding hydrogens is 234 g/mol. The Balaban J connectivity index is 2.05. The quantitative estimate of drug-likeness (QED) is 0.780. The highest BCUT2D eigenvalue weighted by atomic mass is 16.6. The van der Waals surface area contributed by atoms with E-state index < -0.39 is 11.6 Å². The van der Waals surface area contributed by atoms with E-state index in [-0.39, 0.29) is 24.1 Å². The van der Waals surface area contributed by atoms with Gasteiger partial charge in [0.2, 0.25) is 0 Å². The third kappa shape index (κ3) is 2.60. The number of hydrogen-bond donors (Lipinski definition) is 1. The highest BCUT2D eigenvalue weighted by molar-refractivity contribution is 5.73. The number of rotatable bonds is 1. The van der Waals surface area contributed by atoms with Gasteiger partial charge in [0, 0.05) is 12.1 Å². The number of nitrogens with zero attached hydrogens (tertiary/aromatic N) is 1. The molecule has 0 aromatic rings. The summed E-state index contributed by atoms with van der Waals surface area (Å²) in [5.41, 5.74) is -0.500. The molecule has 0 aliphatic carbocycles. The second-order valence-corrected chi connectivity index (χ2v) is 6.28. The number of piperidine rings is 1. The van der Waals surface area contributed by atoms with Crippen molar-refractivity contribution in [1.82, 2.24) is 4.90 Å². The van der Waals surface area contributed by atoms with Crippen LogP contribution in [0.1, 0.15) is 46.5 Å². The van der Waals surface area contributed by atoms with Crippen molar-refractivity contribution in [3.8, 4) is 0 Å². The van der Waals surface area contributed by atoms with Crippen LogP contribution in [-0.2, 0) is 9.53 Å². The molecule has 1 N–H and O–H groups in total. The molecule has 2 fully saturated rings. The maximum atomic E-state index is 12.1. The van der Waals surface area contributed by atoms with Gasteiger partial charge in [-0.1, -0.05) is 0 Å². The van der Waals surface area contributed by atoms with Gasteiger partial charge in [0.1, 0.15) is 5.60 Å². The molecule has 5 nitrogen and oxygen atoms in total. The summed E-state index contributed by atoms with van der Waals surface area (Å²) in [7, 11) is 0. The van der Waals surface area contributed by atoms with E-state index in [1.165, 1.54) is 0 Å². The standard InChI is InChI=1S/C13H21NO4/c1-13(2,3)18-12(17)14-9-4-5-10(14)7-8(6-9)11(15)16/h8-10H,4-7H2,1-3H3,(H,15,16)/t9-,10-/m1/s1. The molecule has 0 radical (unpaired) electrons. The van der Waals surface area contributed by atoms with Crippen molar-refractivity contribution in [3.63, 3.8) is 0 Å². The number of carbonyl (C=O) groups excluding carboxylic acids is 1. The van der Waals surface area contributed by atoms with E-state index in [2.05, 4.69) is 0 Å². The molecule has 0 aromatic carbocycles. The Bertz CT molecular complexity index is 346. The lowest BCUT2D eigenvalue weighted by Gasteiger charge is -2.38. The number of carbonyl (C=O) groups is 2. The average Bonchev–Trinajstić information content (AvgIpc) is 2.47. The molecule has 2 saturated heterocycles. The van der Waals surface area contributed by atoms with Gasteiger partial charge in [0.15, 0.2) is 0 Å². The van der Waals surface area contributed by atoms with Crippen LogP contribution >= 0.6 is 0 Å². The van der Waals surface area contributed by atoms with E-state index >= 15 is 0 Å². The van der Waals surface area contributed by atoms with Crippen molar-refractivity contribution in [2.45, 2.75) is 64.1 Å². The second kappa shape index (κ2) is 4.44. The van der Waals surface area contributed by atoms with Crippen molar-refractivity contribution in [2.24, 2.45) is 5.92 Å². The first kappa shape index (κ1) is 13.2. The molecule has 0 saturated carbocycles. The van der Waals surface area contributed by atoms with Crippen LogP contribution in [0.2, 0.25) is 0 Å². The lowest BCUT2D eigenvalue weighted by atomic mass is 9.91. The Hall–Kier alpha value is -1.26. The van der Waals surface area contributed by atoms with Crippen molar-refractivity contribution in [2.75, 3.05) is 0 Å². The summed E-state index contributed by atoms with van der Waals surface area (Å²) in [6.45, 7) is 5.53. The van der Waals surface area contributed by atoms with Crippen molar-refractivity contribution in [3.05, 3.63) is 0 Å². The first-order valence-corrected chi connectivity index (χ1v) is 6.52. The average molecular weight is 255 g/mol. The summed E-state index contributed by atoms with van der Waals surface area (Å²) in [5.74, 6) is -1.04. The number of aliphatic carboxylic acids is 1. The monoisotopic (exact) mass is 255 g/mol. The van der Waals surface area contributed by atoms with E-state index in [0.29, 0.717) is 12.8 Å². The molecule has 2 rings (SSSR count). The zero-order chi connectivity index (χ0) is 13.5. The maximum Gasteiger partial charge on any atom is 0.410 e. The van der Waals surface area contributed by atoms with Gasteiger partial charge in [0.25, 0.3) is 0 Å². The Morgan fingerprint density at radius 3 is 2.06 bits per heavy atom. The van der Waals surface area contributed by atoms with E-state index in [4.69, 9.17) is 9.84 Å². The zero-order valence-electron chi connectivity index (χ0n) is 11.2. The fraction of sp³-hybridized carbons (Fsp3) is 0.846. The molecule has 2 heterocycles. The third-order valence-corrected chi connectivity index (χ3v) is 3.69. The molecule has 0 aromatic heterocycles. The Labute approximate surface area is 107 Å². The van der Waals surface area contributed by atoms with E-state index in [0.717, 1.165) is 12.8 Å². The fourth-order valence-electron chi connectivity index (χ4n) is 2.99. The first-order valence-electron chi connectivity index (χ1n) is 6.52. The Kier molecular flexibility index (Phi) is 3.25. The second-order valence-electron chi connectivity index (χ2n) is 6.28. The summed E-state index contributed by atoms with van der Waals surface area (Å²) >= 11 is 0. The van der Waals surface area contributed by atoms with Crippen LogP contribution < -0.4 is 0 Å². The van der Waals surface area contributed by atoms with Gasteiger partial charge in [-0.15, -0.1) is 0 Å². The molecule has 2 atom stereocenters. The summed E-state index contributed by atoms with van der Waals surface area (Å²) in [6, 6.07) is 0.0828. The van der Waals surface area contributed by atoms with Gasteiger partial charge < -0.3 is 14.7 Å². The molecule has 5 heteroatoms. The van der Waals surface area contributed by atoms with E-state index in [1.54, 1.807) is 4.90 Å². The van der Waals surface area contributed by atoms with Crippen LogP contribution in [0.3, 0.4) is 0 Å². The lowest BCUT2D eigenvalue weighted by Crippen LogP contribution is -2.49. The highest BCUT2D eigenvalue weighted by Gasteiger charge is 2.46. The number of carboxylic acids is 1. The minimum atomic E-state index is -0.740. The van der Waals surface area contributed by atoms with Crippen molar-refractivity contribution in [1.29, 1.82) is 0 Å². The van der Waals surface area contributed by atoms with Gasteiger partial charge in [-0.05, 0) is 46.5 Å². The number of carboxylic acid groups (broad SMARTS) is 1. The molecule has 0 unspecified atom stereocenters. The van der Waals surface area contributed by atoms with Crippen LogP contribution in [0, 0.1) is 5.92 Å². The summed E-state index contributed by atoms with van der Waals surface area (Å²) in [6.07, 6.45) is 2.62. The van der Waals surface area contributed by atoms with Gasteiger partial charge >= 0.3 is 12.1 Å². The molecule has 2 aliphatic rings. The molecule has 102 valence electrons. The van der Waals surface area contributed by atoms with Crippen molar-refractivity contribution >= 4 is 12.1 Å². The van der Waals surface area contributed by atoms with Crippen LogP contribution in [0.5, 0.6) is 0 Å². The third-order valence-electron chi connectivity index (χ3n) is 3.69. The smallest absolute Gasteiger partial charge is 0.410 e. The van der Waals surface area contributed by atoms with Gasteiger partial charge in [0.05, 0.1) is 5.92 Å². The SMILES string of the molecule is CC(C)(C)OC(=O)N1[C@@H]2CC[C@@H]1CC(C(=O)O)C2. The van der Waals surface area contributed by atoms with Crippen LogP contribution in [-0.4, -0.2) is 39.8 Å². The number of amides is 1. The van der Waals surface area contributed by atoms with Crippen LogP contribution in [0.15, 0.2) is 0 Å². The summed E-state index contributed by atoms with van der Waals surface area (Å²) in [5, 5.41) is 9.08. The highest BCUT2D eigenvalue weighted by Crippen LogP contribution is 2.39. The molecular formula is C13H21NO4. The first-order chi connectivity index (χ1) is 8.28. The van der Waals surface area contributed by atoms with Gasteiger partial charge in [-0.2, -0.15) is 0 Å². The number of ether oxygens (including phenoxy) is 1. The Morgan fingerprint density at radius 1 is 1.17 bits per heavy atom. The lowest BCUT2D eigenvalue weighted by molar-refractivity contribution is -0.144. The molecule has 18 heavy (non-hydrogen) atoms. The number of fused-ring (bicyclic) bond motifs is 2. The molecule has 1 amide bonds. The van der Waals surface area contributed by atoms with Crippen LogP contribution in [0.4, 0.5) is 4.79 Å². The minimum absolute atomic E-state index is 0.0414. The minimum Gasteiger partial charge on any atom is -0.481 e.